The summed E-state index contributed by atoms with van der Waals surface area (Å²) in [4.78, 5) is 59.0. The highest BCUT2D eigenvalue weighted by Crippen LogP contribution is 2.49. The molecule has 1 saturated heterocycles. The monoisotopic (exact) mass is 614 g/mol. The molecule has 0 aromatic carbocycles. The van der Waals surface area contributed by atoms with E-state index in [9.17, 15) is 14.4 Å². The molecule has 0 radical (unpaired) electrons. The third kappa shape index (κ3) is 4.71. The van der Waals surface area contributed by atoms with E-state index in [1.807, 2.05) is 32.1 Å². The van der Waals surface area contributed by atoms with Crippen LogP contribution in [-0.2, 0) is 16.1 Å². The van der Waals surface area contributed by atoms with Gasteiger partial charge < -0.3 is 10.2 Å². The molecule has 0 unspecified atom stereocenters. The summed E-state index contributed by atoms with van der Waals surface area (Å²) in [5.74, 6) is 0.269. The Labute approximate surface area is 244 Å². The van der Waals surface area contributed by atoms with Gasteiger partial charge in [-0.2, -0.15) is 5.10 Å². The van der Waals surface area contributed by atoms with Gasteiger partial charge >= 0.3 is 0 Å². The van der Waals surface area contributed by atoms with E-state index in [4.69, 9.17) is 0 Å². The fourth-order valence-corrected chi connectivity index (χ4v) is 5.85. The van der Waals surface area contributed by atoms with E-state index < -0.39 is 6.04 Å². The number of fused-ring (bicyclic) bond motifs is 2. The van der Waals surface area contributed by atoms with Crippen molar-refractivity contribution in [3.63, 3.8) is 0 Å². The van der Waals surface area contributed by atoms with Crippen LogP contribution in [0.1, 0.15) is 42.1 Å². The lowest BCUT2D eigenvalue weighted by Crippen LogP contribution is -2.50. The van der Waals surface area contributed by atoms with Gasteiger partial charge in [0, 0.05) is 35.7 Å². The number of nitrogens with zero attached hydrogens (tertiary/aromatic N) is 7. The lowest BCUT2D eigenvalue weighted by molar-refractivity contribution is -0.139. The van der Waals surface area contributed by atoms with Crippen molar-refractivity contribution < 1.29 is 14.4 Å². The molecule has 5 heterocycles. The number of Topliss-reactive ketones (excluding diaryl/α,β-unsaturated/α-hetero) is 1. The summed E-state index contributed by atoms with van der Waals surface area (Å²) < 4.78 is 2.09. The van der Waals surface area contributed by atoms with Gasteiger partial charge in [0.05, 0.1) is 23.4 Å². The molecule has 1 N–H and O–H groups in total. The molecule has 2 aliphatic rings. The number of amides is 2. The molecule has 41 heavy (non-hydrogen) atoms. The topological polar surface area (TPSA) is 136 Å². The summed E-state index contributed by atoms with van der Waals surface area (Å²) >= 11 is 3.35. The number of nitrogens with one attached hydrogen (secondary N) is 1. The number of carbonyl (C=O) groups excluding carboxylic acids is 3. The number of hydrogen-bond acceptors (Lipinski definition) is 8. The molecule has 6 rings (SSSR count). The highest BCUT2D eigenvalue weighted by molar-refractivity contribution is 9.10. The first-order valence-corrected chi connectivity index (χ1v) is 13.9. The number of aryl methyl sites for hydroxylation is 2. The maximum absolute atomic E-state index is 13.9. The van der Waals surface area contributed by atoms with E-state index in [0.717, 1.165) is 5.56 Å². The van der Waals surface area contributed by atoms with Crippen molar-refractivity contribution in [3.8, 4) is 11.3 Å². The molecular weight excluding hydrogens is 588 g/mol. The van der Waals surface area contributed by atoms with Gasteiger partial charge in [0.2, 0.25) is 11.8 Å². The number of likely N-dealkylation sites (tertiary alicyclic amines) is 1. The van der Waals surface area contributed by atoms with E-state index in [2.05, 4.69) is 46.3 Å². The summed E-state index contributed by atoms with van der Waals surface area (Å²) in [6, 6.07) is 4.50. The molecule has 0 bridgehead atoms. The summed E-state index contributed by atoms with van der Waals surface area (Å²) in [5.41, 5.74) is 2.59. The third-order valence-corrected chi connectivity index (χ3v) is 8.27. The lowest BCUT2D eigenvalue weighted by Gasteiger charge is -2.38. The SMILES string of the molecule is CC(=O)c1nn(CC(=O)N2[C@H](C(=O)Nc3nc(Br)ccc3C)C[C@@]3(C)C=C[C@@H]23)c2cnc(-c3cnc(C)nc3)cc12. The summed E-state index contributed by atoms with van der Waals surface area (Å²) in [7, 11) is 0. The number of halogens is 1. The quantitative estimate of drug-likeness (QED) is 0.195. The van der Waals surface area contributed by atoms with Crippen LogP contribution in [0, 0.1) is 19.3 Å². The standard InChI is InChI=1S/C29H27BrN8O3/c1-15-5-6-24(30)34-27(15)35-28(41)21-10-29(4)8-7-23(29)38(21)25(40)14-37-22-13-33-20(18-11-31-17(3)32-12-18)9-19(22)26(36-37)16(2)39/h5-9,11-13,21,23H,10,14H2,1-4H3,(H,34,35,41)/t21-,23+,29+/m0/s1. The molecule has 1 fully saturated rings. The van der Waals surface area contributed by atoms with Crippen LogP contribution in [0.5, 0.6) is 0 Å². The highest BCUT2D eigenvalue weighted by atomic mass is 79.9. The summed E-state index contributed by atoms with van der Waals surface area (Å²) in [5, 5.41) is 7.99. The Hall–Kier alpha value is -4.32. The van der Waals surface area contributed by atoms with Gasteiger partial charge in [-0.1, -0.05) is 25.1 Å². The Morgan fingerprint density at radius 3 is 2.56 bits per heavy atom. The van der Waals surface area contributed by atoms with E-state index >= 15 is 0 Å². The average Bonchev–Trinajstić information content (AvgIpc) is 3.39. The predicted octanol–water partition coefficient (Wildman–Crippen LogP) is 4.05. The van der Waals surface area contributed by atoms with Crippen LogP contribution in [0.15, 0.2) is 53.5 Å². The van der Waals surface area contributed by atoms with Crippen molar-refractivity contribution in [3.05, 3.63) is 70.6 Å². The number of carbonyl (C=O) groups is 3. The van der Waals surface area contributed by atoms with E-state index in [0.29, 0.717) is 44.8 Å². The van der Waals surface area contributed by atoms with Crippen LogP contribution in [0.4, 0.5) is 5.82 Å². The molecule has 4 aromatic rings. The summed E-state index contributed by atoms with van der Waals surface area (Å²) in [6.07, 6.45) is 9.43. The van der Waals surface area contributed by atoms with Crippen molar-refractivity contribution in [2.45, 2.75) is 52.7 Å². The van der Waals surface area contributed by atoms with E-state index in [1.165, 1.54) is 11.6 Å². The Kier molecular flexibility index (Phi) is 6.52. The minimum absolute atomic E-state index is 0.156. The van der Waals surface area contributed by atoms with Crippen LogP contribution in [0.25, 0.3) is 22.2 Å². The maximum Gasteiger partial charge on any atom is 0.248 e. The van der Waals surface area contributed by atoms with Gasteiger partial charge in [0.1, 0.15) is 34.5 Å². The second-order valence-electron chi connectivity index (χ2n) is 10.8. The Bertz CT molecular complexity index is 1770. The smallest absolute Gasteiger partial charge is 0.248 e. The molecule has 1 aliphatic carbocycles. The van der Waals surface area contributed by atoms with Gasteiger partial charge in [-0.15, -0.1) is 0 Å². The fraction of sp³-hybridized carbons (Fsp3) is 0.310. The molecule has 0 saturated carbocycles. The first kappa shape index (κ1) is 26.9. The minimum atomic E-state index is -0.701. The number of rotatable bonds is 6. The lowest BCUT2D eigenvalue weighted by atomic mass is 9.73. The van der Waals surface area contributed by atoms with Crippen molar-refractivity contribution in [1.82, 2.24) is 34.6 Å². The van der Waals surface area contributed by atoms with E-state index in [-0.39, 0.29) is 41.3 Å². The maximum atomic E-state index is 13.9. The second-order valence-corrected chi connectivity index (χ2v) is 11.6. The number of ketones is 1. The molecule has 3 atom stereocenters. The molecule has 0 spiro atoms. The van der Waals surface area contributed by atoms with Crippen LogP contribution in [0.3, 0.4) is 0 Å². The van der Waals surface area contributed by atoms with E-state index in [1.54, 1.807) is 42.5 Å². The zero-order valence-corrected chi connectivity index (χ0v) is 24.5. The number of aromatic nitrogens is 6. The van der Waals surface area contributed by atoms with Gasteiger partial charge in [-0.25, -0.2) is 15.0 Å². The molecule has 12 heteroatoms. The van der Waals surface area contributed by atoms with Crippen LogP contribution in [0.2, 0.25) is 0 Å². The third-order valence-electron chi connectivity index (χ3n) is 7.83. The zero-order valence-electron chi connectivity index (χ0n) is 22.9. The van der Waals surface area contributed by atoms with Crippen LogP contribution >= 0.6 is 15.9 Å². The Balaban J connectivity index is 1.31. The van der Waals surface area contributed by atoms with Crippen molar-refractivity contribution in [2.24, 2.45) is 5.41 Å². The van der Waals surface area contributed by atoms with Gasteiger partial charge in [0.15, 0.2) is 5.78 Å². The summed E-state index contributed by atoms with van der Waals surface area (Å²) in [6.45, 7) is 6.98. The largest absolute Gasteiger partial charge is 0.322 e. The van der Waals surface area contributed by atoms with Crippen LogP contribution < -0.4 is 5.32 Å². The minimum Gasteiger partial charge on any atom is -0.322 e. The molecule has 11 nitrogen and oxygen atoms in total. The average molecular weight is 615 g/mol. The predicted molar refractivity (Wildman–Crippen MR) is 155 cm³/mol. The molecule has 4 aromatic heterocycles. The first-order chi connectivity index (χ1) is 19.5. The number of pyridine rings is 2. The molecular formula is C29H27BrN8O3. The highest BCUT2D eigenvalue weighted by Gasteiger charge is 2.55. The second kappa shape index (κ2) is 9.95. The number of anilines is 1. The van der Waals surface area contributed by atoms with Gasteiger partial charge in [0.25, 0.3) is 0 Å². The van der Waals surface area contributed by atoms with Crippen molar-refractivity contribution in [1.29, 1.82) is 0 Å². The van der Waals surface area contributed by atoms with Gasteiger partial charge in [-0.3, -0.25) is 24.0 Å². The fourth-order valence-electron chi connectivity index (χ4n) is 5.54. The van der Waals surface area contributed by atoms with Crippen LogP contribution in [-0.4, -0.2) is 64.3 Å². The normalized spacial score (nSPS) is 21.0. The molecule has 1 aliphatic heterocycles. The first-order valence-electron chi connectivity index (χ1n) is 13.1. The molecule has 2 amide bonds. The zero-order chi connectivity index (χ0) is 29.1. The van der Waals surface area contributed by atoms with Crippen molar-refractivity contribution >= 4 is 50.2 Å². The van der Waals surface area contributed by atoms with Gasteiger partial charge in [-0.05, 0) is 53.9 Å². The van der Waals surface area contributed by atoms with Crippen molar-refractivity contribution in [2.75, 3.05) is 5.32 Å². The molecule has 208 valence electrons. The number of hydrogen-bond donors (Lipinski definition) is 1. The Morgan fingerprint density at radius 1 is 1.12 bits per heavy atom. The Morgan fingerprint density at radius 2 is 1.88 bits per heavy atom.